The molecule has 0 aliphatic carbocycles. The molecule has 0 spiro atoms. The SMILES string of the molecule is CC(=O)NCSC[C@@H](NC(=O)[C@H](CO)NC(=O)[C@@H](NC(=O)[C@H](Cc1ccccc1)NC(=O)[C@@H](NC(=O)[C@H](CCCCN)NC(=O)[C@H](Cc1c[nH]c2ccccc12)NC(=O)[C@H](Cc1ccccc1)NC(=O)[C@H](Cc1ccccc1)NC(=O)[C@H](CC(N)=O)NC(=O)[C@H](CCCCN)NC(=O)[C@@H](CSCNC(C)=O)NC(=O)CNC(=O)[C@H](C)N)[C@@H](C)O)[C@@H](C)O)C(=O)O. The number of para-hydroxylation sites is 1. The first kappa shape index (κ1) is 103. The molecule has 16 amide bonds. The van der Waals surface area contributed by atoms with Crippen molar-refractivity contribution >= 4 is 135 Å². The third-order valence-corrected chi connectivity index (χ3v) is 21.0. The fourth-order valence-corrected chi connectivity index (χ4v) is 14.2. The molecular weight excluding hydrogens is 1670 g/mol. The van der Waals surface area contributed by atoms with Crippen LogP contribution in [0.5, 0.6) is 0 Å². The Kier molecular flexibility index (Phi) is 45.1. The number of rotatable bonds is 56. The average molecular weight is 1780 g/mol. The zero-order valence-electron chi connectivity index (χ0n) is 70.0. The van der Waals surface area contributed by atoms with Gasteiger partial charge in [-0.2, -0.15) is 0 Å². The van der Waals surface area contributed by atoms with Crippen molar-refractivity contribution < 1.29 is 102 Å². The molecule has 28 N–H and O–H groups in total. The van der Waals surface area contributed by atoms with Crippen LogP contribution in [0.15, 0.2) is 121 Å². The number of carboxylic acids is 1. The standard InChI is InChI=1S/C82H116N20O21S2/c1-45(85)70(110)88-39-67(109)91-64(41-124-43-89-48(4)106)79(119)93-56(29-17-19-31-83)71(111)97-62(37-66(86)108)76(116)95-58(33-50-21-9-6-10-22-50)73(113)94-59(34-51-23-11-7-12-24-51)74(114)96-61(36-53-38-87-55-28-16-15-27-54(53)55)75(115)92-57(30-18-20-32-84)72(112)101-68(46(2)104)80(120)98-60(35-52-25-13-8-14-26-52)77(117)102-69(47(3)105)81(121)99-63(40-103)78(118)100-65(82(122)123)42-125-44-90-49(5)107/h6-16,21-28,38,45-47,56-65,68-69,87,103-105H,17-20,29-37,39-44,83-85H2,1-5H3,(H2,86,108)(H,88,110)(H,89,106)(H,90,107)(H,91,109)(H,92,115)(H,93,119)(H,94,113)(H,95,116)(H,96,114)(H,97,111)(H,98,120)(H,99,121)(H,100,118)(H,101,112)(H,102,117)(H,122,123)/t45-,46+,47+,56-,57-,58-,59-,60-,61-,62-,63-,64+,65+,68-,69-/m0/s1. The van der Waals surface area contributed by atoms with E-state index in [1.807, 2.05) is 0 Å². The van der Waals surface area contributed by atoms with E-state index in [1.165, 1.54) is 20.8 Å². The lowest BCUT2D eigenvalue weighted by molar-refractivity contribution is -0.142. The van der Waals surface area contributed by atoms with E-state index in [0.29, 0.717) is 39.6 Å². The minimum Gasteiger partial charge on any atom is -0.480 e. The summed E-state index contributed by atoms with van der Waals surface area (Å²) in [7, 11) is 0. The third-order valence-electron chi connectivity index (χ3n) is 19.1. The van der Waals surface area contributed by atoms with E-state index in [-0.39, 0.29) is 94.1 Å². The third kappa shape index (κ3) is 37.1. The van der Waals surface area contributed by atoms with Crippen LogP contribution in [0.1, 0.15) is 102 Å². The largest absolute Gasteiger partial charge is 0.480 e. The first-order chi connectivity index (χ1) is 59.5. The fraction of sp³-hybridized carbons (Fsp3) is 0.476. The first-order valence-electron chi connectivity index (χ1n) is 40.4. The highest BCUT2D eigenvalue weighted by Crippen LogP contribution is 2.21. The number of amides is 16. The highest BCUT2D eigenvalue weighted by molar-refractivity contribution is 7.99. The Labute approximate surface area is 730 Å². The Hall–Kier alpha value is -12.1. The lowest BCUT2D eigenvalue weighted by Crippen LogP contribution is -2.63. The van der Waals surface area contributed by atoms with Gasteiger partial charge in [-0.25, -0.2) is 4.79 Å². The second-order valence-electron chi connectivity index (χ2n) is 29.5. The van der Waals surface area contributed by atoms with Crippen LogP contribution in [0.4, 0.5) is 0 Å². The molecule has 682 valence electrons. The molecule has 5 aromatic rings. The van der Waals surface area contributed by atoms with Crippen LogP contribution in [0.3, 0.4) is 0 Å². The van der Waals surface area contributed by atoms with E-state index >= 15 is 14.4 Å². The average Bonchev–Trinajstić information content (AvgIpc) is 1.68. The zero-order valence-corrected chi connectivity index (χ0v) is 71.6. The predicted octanol–water partition coefficient (Wildman–Crippen LogP) is -5.65. The number of aliphatic hydroxyl groups excluding tert-OH is 3. The van der Waals surface area contributed by atoms with Gasteiger partial charge in [-0.15, -0.1) is 23.5 Å². The molecule has 0 radical (unpaired) electrons. The molecule has 0 unspecified atom stereocenters. The Morgan fingerprint density at radius 3 is 1.17 bits per heavy atom. The number of carbonyl (C=O) groups is 17. The molecule has 125 heavy (non-hydrogen) atoms. The number of benzene rings is 4. The Morgan fingerprint density at radius 1 is 0.400 bits per heavy atom. The molecule has 0 aliphatic heterocycles. The number of H-pyrrole nitrogens is 1. The van der Waals surface area contributed by atoms with E-state index in [4.69, 9.17) is 22.9 Å². The number of nitrogens with two attached hydrogens (primary N) is 4. The maximum absolute atomic E-state index is 15.5. The maximum Gasteiger partial charge on any atom is 0.327 e. The highest BCUT2D eigenvalue weighted by Gasteiger charge is 2.40. The lowest BCUT2D eigenvalue weighted by atomic mass is 10.00. The molecular formula is C82H116N20O21S2. The molecule has 5 rings (SSSR count). The van der Waals surface area contributed by atoms with Crippen molar-refractivity contribution in [1.82, 2.24) is 84.7 Å². The van der Waals surface area contributed by atoms with Crippen molar-refractivity contribution in [2.75, 3.05) is 49.5 Å². The quantitative estimate of drug-likeness (QED) is 0.0127. The summed E-state index contributed by atoms with van der Waals surface area (Å²) in [6.07, 6.45) is -3.33. The number of hydrogen-bond donors (Lipinski definition) is 24. The molecule has 1 heterocycles. The fourth-order valence-electron chi connectivity index (χ4n) is 12.4. The summed E-state index contributed by atoms with van der Waals surface area (Å²) >= 11 is 1.96. The number of aromatic nitrogens is 1. The van der Waals surface area contributed by atoms with Crippen LogP contribution in [0.2, 0.25) is 0 Å². The molecule has 41 nitrogen and oxygen atoms in total. The van der Waals surface area contributed by atoms with Crippen molar-refractivity contribution in [2.24, 2.45) is 22.9 Å². The number of hydrogen-bond acceptors (Lipinski definition) is 25. The Morgan fingerprint density at radius 2 is 0.752 bits per heavy atom. The van der Waals surface area contributed by atoms with Gasteiger partial charge in [0, 0.05) is 68.1 Å². The second kappa shape index (κ2) is 54.5. The van der Waals surface area contributed by atoms with Gasteiger partial charge in [-0.1, -0.05) is 109 Å². The number of thioether (sulfide) groups is 2. The minimum atomic E-state index is -1.94. The lowest BCUT2D eigenvalue weighted by Gasteiger charge is -2.29. The van der Waals surface area contributed by atoms with Crippen LogP contribution >= 0.6 is 23.5 Å². The van der Waals surface area contributed by atoms with Crippen LogP contribution in [-0.2, 0) is 107 Å². The van der Waals surface area contributed by atoms with Crippen molar-refractivity contribution in [3.8, 4) is 0 Å². The van der Waals surface area contributed by atoms with Crippen LogP contribution in [0, 0.1) is 0 Å². The second-order valence-corrected chi connectivity index (χ2v) is 31.6. The van der Waals surface area contributed by atoms with Gasteiger partial charge >= 0.3 is 5.97 Å². The zero-order chi connectivity index (χ0) is 92.2. The minimum absolute atomic E-state index is 0.00359. The van der Waals surface area contributed by atoms with E-state index in [1.54, 1.807) is 121 Å². The van der Waals surface area contributed by atoms with Gasteiger partial charge in [0.25, 0.3) is 0 Å². The van der Waals surface area contributed by atoms with E-state index < -0.39 is 211 Å². The number of aromatic amines is 1. The number of nitrogens with one attached hydrogen (secondary N) is 16. The van der Waals surface area contributed by atoms with E-state index in [0.717, 1.165) is 37.4 Å². The van der Waals surface area contributed by atoms with E-state index in [2.05, 4.69) is 84.7 Å². The number of carboxylic acid groups (broad SMARTS) is 1. The van der Waals surface area contributed by atoms with Crippen LogP contribution in [0.25, 0.3) is 10.9 Å². The van der Waals surface area contributed by atoms with Crippen molar-refractivity contribution in [2.45, 2.75) is 196 Å². The Bertz CT molecular complexity index is 4440. The summed E-state index contributed by atoms with van der Waals surface area (Å²) in [5.41, 5.74) is 25.5. The summed E-state index contributed by atoms with van der Waals surface area (Å²) in [5.74, 6) is -17.3. The summed E-state index contributed by atoms with van der Waals surface area (Å²) in [6, 6.07) is 10.3. The summed E-state index contributed by atoms with van der Waals surface area (Å²) in [4.78, 5) is 237. The monoisotopic (exact) mass is 1780 g/mol. The Balaban J connectivity index is 1.47. The summed E-state index contributed by atoms with van der Waals surface area (Å²) < 4.78 is 0. The molecule has 4 aromatic carbocycles. The number of aliphatic hydroxyl groups is 3. The van der Waals surface area contributed by atoms with Crippen LogP contribution < -0.4 is 103 Å². The number of unbranched alkanes of at least 4 members (excludes halogenated alkanes) is 2. The van der Waals surface area contributed by atoms with Gasteiger partial charge in [-0.05, 0) is 101 Å². The topological polar surface area (TPSA) is 671 Å². The summed E-state index contributed by atoms with van der Waals surface area (Å²) in [5, 5.41) is 80.3. The van der Waals surface area contributed by atoms with Gasteiger partial charge in [-0.3, -0.25) is 76.7 Å². The molecule has 1 aromatic heterocycles. The number of fused-ring (bicyclic) bond motifs is 1. The van der Waals surface area contributed by atoms with Crippen LogP contribution in [-0.4, -0.2) is 266 Å². The van der Waals surface area contributed by atoms with Crippen molar-refractivity contribution in [3.63, 3.8) is 0 Å². The molecule has 0 aliphatic rings. The highest BCUT2D eigenvalue weighted by atomic mass is 32.2. The molecule has 0 saturated carbocycles. The number of primary amides is 1. The maximum atomic E-state index is 15.5. The summed E-state index contributed by atoms with van der Waals surface area (Å²) in [6.45, 7) is 4.69. The van der Waals surface area contributed by atoms with Gasteiger partial charge in [0.1, 0.15) is 72.5 Å². The molecule has 0 bridgehead atoms. The van der Waals surface area contributed by atoms with Crippen molar-refractivity contribution in [1.29, 1.82) is 0 Å². The molecule has 15 atom stereocenters. The van der Waals surface area contributed by atoms with Gasteiger partial charge in [0.2, 0.25) is 94.5 Å². The van der Waals surface area contributed by atoms with Gasteiger partial charge in [0.15, 0.2) is 0 Å². The molecule has 0 fully saturated rings. The van der Waals surface area contributed by atoms with Crippen molar-refractivity contribution in [3.05, 3.63) is 144 Å². The first-order valence-corrected chi connectivity index (χ1v) is 42.7. The number of aliphatic carboxylic acids is 1. The molecule has 43 heteroatoms. The molecule has 0 saturated heterocycles. The smallest absolute Gasteiger partial charge is 0.327 e. The van der Waals surface area contributed by atoms with Gasteiger partial charge in [0.05, 0.1) is 49.6 Å². The van der Waals surface area contributed by atoms with E-state index in [9.17, 15) is 87.5 Å². The van der Waals surface area contributed by atoms with Gasteiger partial charge < -0.3 is 128 Å². The predicted molar refractivity (Wildman–Crippen MR) is 462 cm³/mol. The number of carbonyl (C=O) groups excluding carboxylic acids is 16. The normalized spacial score (nSPS) is 14.7.